The molecule has 184 valence electrons. The molecule has 0 heterocycles. The van der Waals surface area contributed by atoms with Crippen LogP contribution in [0.15, 0.2) is 118 Å². The van der Waals surface area contributed by atoms with Gasteiger partial charge in [0.15, 0.2) is 0 Å². The summed E-state index contributed by atoms with van der Waals surface area (Å²) >= 11 is 7.41. The van der Waals surface area contributed by atoms with E-state index < -0.39 is 28.3 Å². The van der Waals surface area contributed by atoms with E-state index in [1.807, 2.05) is 42.5 Å². The van der Waals surface area contributed by atoms with Crippen LogP contribution in [-0.4, -0.2) is 25.2 Å². The van der Waals surface area contributed by atoms with E-state index in [2.05, 4.69) is 5.32 Å². The maximum Gasteiger partial charge on any atom is 0.243 e. The van der Waals surface area contributed by atoms with Gasteiger partial charge in [-0.25, -0.2) is 12.8 Å². The standard InChI is InChI=1S/C27H22ClFN2O3S2/c28-21-12-16-24(17-13-21)36(33,34)31(18-20-10-14-22(29)15-11-20)19-27(32)30-25-8-4-5-9-26(25)35-23-6-2-1-3-7-23/h1-17H,18-19H2,(H,30,32). The van der Waals surface area contributed by atoms with Gasteiger partial charge >= 0.3 is 0 Å². The van der Waals surface area contributed by atoms with Crippen LogP contribution in [0, 0.1) is 5.82 Å². The molecule has 0 unspecified atom stereocenters. The van der Waals surface area contributed by atoms with Gasteiger partial charge in [0.05, 0.1) is 17.1 Å². The molecule has 0 aliphatic heterocycles. The number of anilines is 1. The first-order valence-corrected chi connectivity index (χ1v) is 13.6. The predicted molar refractivity (Wildman–Crippen MR) is 141 cm³/mol. The zero-order chi connectivity index (χ0) is 25.5. The Morgan fingerprint density at radius 3 is 2.19 bits per heavy atom. The van der Waals surface area contributed by atoms with Crippen LogP contribution < -0.4 is 5.32 Å². The van der Waals surface area contributed by atoms with Crippen LogP contribution in [-0.2, 0) is 21.4 Å². The summed E-state index contributed by atoms with van der Waals surface area (Å²) in [6.45, 7) is -0.550. The van der Waals surface area contributed by atoms with Crippen molar-refractivity contribution in [3.8, 4) is 0 Å². The number of hydrogen-bond acceptors (Lipinski definition) is 4. The Labute approximate surface area is 219 Å². The van der Waals surface area contributed by atoms with Gasteiger partial charge in [-0.3, -0.25) is 4.79 Å². The molecular formula is C27H22ClFN2O3S2. The van der Waals surface area contributed by atoms with Crippen molar-refractivity contribution in [3.05, 3.63) is 120 Å². The van der Waals surface area contributed by atoms with Crippen molar-refractivity contribution in [1.29, 1.82) is 0 Å². The monoisotopic (exact) mass is 540 g/mol. The molecule has 0 aliphatic rings. The zero-order valence-corrected chi connectivity index (χ0v) is 21.4. The maximum absolute atomic E-state index is 13.4. The molecule has 0 bridgehead atoms. The Bertz CT molecular complexity index is 1430. The van der Waals surface area contributed by atoms with Crippen molar-refractivity contribution in [2.24, 2.45) is 0 Å². The first kappa shape index (κ1) is 25.9. The normalized spacial score (nSPS) is 11.4. The number of carbonyl (C=O) groups excluding carboxylic acids is 1. The molecule has 0 spiro atoms. The average molecular weight is 541 g/mol. The van der Waals surface area contributed by atoms with E-state index >= 15 is 0 Å². The summed E-state index contributed by atoms with van der Waals surface area (Å²) in [5.41, 5.74) is 1.11. The highest BCUT2D eigenvalue weighted by molar-refractivity contribution is 7.99. The Morgan fingerprint density at radius 2 is 1.50 bits per heavy atom. The summed E-state index contributed by atoms with van der Waals surface area (Å²) in [7, 11) is -4.06. The number of hydrogen-bond donors (Lipinski definition) is 1. The van der Waals surface area contributed by atoms with Crippen molar-refractivity contribution in [1.82, 2.24) is 4.31 Å². The van der Waals surface area contributed by atoms with E-state index in [1.54, 1.807) is 12.1 Å². The molecule has 4 aromatic rings. The smallest absolute Gasteiger partial charge is 0.243 e. The van der Waals surface area contributed by atoms with E-state index in [0.717, 1.165) is 14.1 Å². The third-order valence-electron chi connectivity index (χ3n) is 5.18. The topological polar surface area (TPSA) is 66.5 Å². The molecule has 0 radical (unpaired) electrons. The molecule has 9 heteroatoms. The maximum atomic E-state index is 13.4. The first-order chi connectivity index (χ1) is 17.3. The number of halogens is 2. The molecule has 0 aromatic heterocycles. The van der Waals surface area contributed by atoms with Crippen LogP contribution in [0.2, 0.25) is 5.02 Å². The highest BCUT2D eigenvalue weighted by Crippen LogP contribution is 2.33. The number of rotatable bonds is 9. The molecule has 4 rings (SSSR count). The van der Waals surface area contributed by atoms with E-state index in [1.165, 1.54) is 60.3 Å². The molecule has 0 aliphatic carbocycles. The second kappa shape index (κ2) is 11.7. The van der Waals surface area contributed by atoms with Gasteiger partial charge in [0.1, 0.15) is 5.82 Å². The summed E-state index contributed by atoms with van der Waals surface area (Å²) < 4.78 is 41.3. The summed E-state index contributed by atoms with van der Waals surface area (Å²) in [6, 6.07) is 28.2. The molecule has 36 heavy (non-hydrogen) atoms. The lowest BCUT2D eigenvalue weighted by Crippen LogP contribution is -2.37. The summed E-state index contributed by atoms with van der Waals surface area (Å²) in [5.74, 6) is -0.938. The summed E-state index contributed by atoms with van der Waals surface area (Å²) in [4.78, 5) is 14.9. The van der Waals surface area contributed by atoms with E-state index in [4.69, 9.17) is 11.6 Å². The summed E-state index contributed by atoms with van der Waals surface area (Å²) in [6.07, 6.45) is 0. The summed E-state index contributed by atoms with van der Waals surface area (Å²) in [5, 5.41) is 3.23. The third-order valence-corrected chi connectivity index (χ3v) is 8.32. The highest BCUT2D eigenvalue weighted by Gasteiger charge is 2.27. The van der Waals surface area contributed by atoms with Crippen molar-refractivity contribution < 1.29 is 17.6 Å². The van der Waals surface area contributed by atoms with Crippen LogP contribution >= 0.6 is 23.4 Å². The Balaban J connectivity index is 1.57. The predicted octanol–water partition coefficient (Wildman–Crippen LogP) is 6.46. The highest BCUT2D eigenvalue weighted by atomic mass is 35.5. The molecule has 1 amide bonds. The van der Waals surface area contributed by atoms with Crippen LogP contribution in [0.3, 0.4) is 0 Å². The molecule has 0 saturated heterocycles. The SMILES string of the molecule is O=C(CN(Cc1ccc(F)cc1)S(=O)(=O)c1ccc(Cl)cc1)Nc1ccccc1Sc1ccccc1. The molecular weight excluding hydrogens is 519 g/mol. The molecule has 0 saturated carbocycles. The largest absolute Gasteiger partial charge is 0.324 e. The Morgan fingerprint density at radius 1 is 0.861 bits per heavy atom. The first-order valence-electron chi connectivity index (χ1n) is 10.9. The van der Waals surface area contributed by atoms with Gasteiger partial charge in [0.2, 0.25) is 15.9 Å². The van der Waals surface area contributed by atoms with Gasteiger partial charge in [-0.15, -0.1) is 0 Å². The van der Waals surface area contributed by atoms with Crippen LogP contribution in [0.5, 0.6) is 0 Å². The van der Waals surface area contributed by atoms with Crippen molar-refractivity contribution in [2.75, 3.05) is 11.9 Å². The lowest BCUT2D eigenvalue weighted by atomic mass is 10.2. The van der Waals surface area contributed by atoms with E-state index in [9.17, 15) is 17.6 Å². The number of amides is 1. The van der Waals surface area contributed by atoms with Crippen molar-refractivity contribution in [3.63, 3.8) is 0 Å². The Hall–Kier alpha value is -3.17. The fourth-order valence-corrected chi connectivity index (χ4v) is 5.83. The Kier molecular flexibility index (Phi) is 8.43. The minimum absolute atomic E-state index is 0.00171. The minimum Gasteiger partial charge on any atom is -0.324 e. The molecule has 4 aromatic carbocycles. The van der Waals surface area contributed by atoms with Crippen molar-refractivity contribution in [2.45, 2.75) is 21.2 Å². The number of sulfonamides is 1. The van der Waals surface area contributed by atoms with Gasteiger partial charge in [-0.05, 0) is 66.2 Å². The number of nitrogens with zero attached hydrogens (tertiary/aromatic N) is 1. The lowest BCUT2D eigenvalue weighted by Gasteiger charge is -2.22. The van der Waals surface area contributed by atoms with Crippen LogP contribution in [0.25, 0.3) is 0 Å². The number of benzene rings is 4. The zero-order valence-electron chi connectivity index (χ0n) is 19.0. The second-order valence-electron chi connectivity index (χ2n) is 7.81. The fourth-order valence-electron chi connectivity index (χ4n) is 3.40. The van der Waals surface area contributed by atoms with Gasteiger partial charge in [0.25, 0.3) is 0 Å². The number of carbonyl (C=O) groups is 1. The molecule has 1 N–H and O–H groups in total. The van der Waals surface area contributed by atoms with Gasteiger partial charge in [0, 0.05) is 21.4 Å². The lowest BCUT2D eigenvalue weighted by molar-refractivity contribution is -0.116. The fraction of sp³-hybridized carbons (Fsp3) is 0.0741. The molecule has 0 fully saturated rings. The van der Waals surface area contributed by atoms with Gasteiger partial charge in [-0.1, -0.05) is 65.8 Å². The molecule has 0 atom stereocenters. The number of para-hydroxylation sites is 1. The molecule has 5 nitrogen and oxygen atoms in total. The third kappa shape index (κ3) is 6.73. The average Bonchev–Trinajstić information content (AvgIpc) is 2.87. The van der Waals surface area contributed by atoms with Crippen LogP contribution in [0.1, 0.15) is 5.56 Å². The quantitative estimate of drug-likeness (QED) is 0.264. The van der Waals surface area contributed by atoms with Gasteiger partial charge in [-0.2, -0.15) is 4.31 Å². The van der Waals surface area contributed by atoms with Crippen LogP contribution in [0.4, 0.5) is 10.1 Å². The minimum atomic E-state index is -4.06. The van der Waals surface area contributed by atoms with E-state index in [-0.39, 0.29) is 11.4 Å². The van der Waals surface area contributed by atoms with Gasteiger partial charge < -0.3 is 5.32 Å². The second-order valence-corrected chi connectivity index (χ2v) is 11.3. The number of nitrogens with one attached hydrogen (secondary N) is 1. The van der Waals surface area contributed by atoms with E-state index in [0.29, 0.717) is 16.3 Å². The van der Waals surface area contributed by atoms with Crippen molar-refractivity contribution >= 4 is 45.0 Å².